The van der Waals surface area contributed by atoms with Crippen LogP contribution in [0.25, 0.3) is 123 Å². The van der Waals surface area contributed by atoms with Gasteiger partial charge < -0.3 is 34.3 Å². The topological polar surface area (TPSA) is 103 Å². The van der Waals surface area contributed by atoms with Crippen LogP contribution in [0, 0.1) is 93.2 Å². The van der Waals surface area contributed by atoms with E-state index in [1.165, 1.54) is 115 Å². The van der Waals surface area contributed by atoms with Gasteiger partial charge in [0.25, 0.3) is 0 Å². The fourth-order valence-corrected chi connectivity index (χ4v) is 24.1. The van der Waals surface area contributed by atoms with Crippen molar-refractivity contribution in [2.45, 2.75) is 191 Å². The molecule has 21 rings (SSSR count). The van der Waals surface area contributed by atoms with Gasteiger partial charge in [-0.2, -0.15) is 0 Å². The van der Waals surface area contributed by atoms with Gasteiger partial charge >= 0.3 is 0 Å². The second kappa shape index (κ2) is 50.0. The van der Waals surface area contributed by atoms with E-state index in [1.807, 2.05) is 191 Å². The number of hydrogen-bond acceptors (Lipinski definition) is 8. The maximum atomic E-state index is 5.83. The van der Waals surface area contributed by atoms with Crippen molar-refractivity contribution in [2.75, 3.05) is 0 Å². The minimum atomic E-state index is -1.38. The van der Waals surface area contributed by atoms with E-state index in [4.69, 9.17) is 19.4 Å². The molecule has 4 aliphatic rings. The summed E-state index contributed by atoms with van der Waals surface area (Å²) in [5, 5.41) is 5.76. The number of hydrogen-bond donors (Lipinski definition) is 0. The van der Waals surface area contributed by atoms with Crippen LogP contribution in [0.3, 0.4) is 0 Å². The molecule has 2 bridgehead atoms. The maximum absolute atomic E-state index is 5.83. The second-order valence-corrected chi connectivity index (χ2v) is 56.4. The zero-order chi connectivity index (χ0) is 95.4. The number of fused-ring (bicyclic) bond motifs is 4. The zero-order valence-electron chi connectivity index (χ0n) is 83.6. The van der Waals surface area contributed by atoms with Gasteiger partial charge in [-0.25, -0.2) is 0 Å². The number of pyridine rings is 7. The molecule has 3 radical (unpaired) electrons. The average Bonchev–Trinajstić information content (AvgIpc) is 1.67. The Bertz CT molecular complexity index is 6700. The molecule has 14 heteroatoms. The van der Waals surface area contributed by atoms with Crippen LogP contribution in [-0.4, -0.2) is 59.1 Å². The molecule has 139 heavy (non-hydrogen) atoms. The number of nitrogens with zero attached hydrogens (tertiary/aromatic N) is 7. The molecule has 717 valence electrons. The van der Waals surface area contributed by atoms with Crippen LogP contribution in [-0.2, 0) is 79.6 Å². The van der Waals surface area contributed by atoms with E-state index >= 15 is 0 Å². The summed E-state index contributed by atoms with van der Waals surface area (Å²) in [5.74, 6) is 4.72. The van der Waals surface area contributed by atoms with Gasteiger partial charge in [-0.05, 0) is 202 Å². The van der Waals surface area contributed by atoms with Crippen LogP contribution in [0.1, 0.15) is 124 Å². The van der Waals surface area contributed by atoms with Crippen LogP contribution in [0.5, 0.6) is 0 Å². The number of rotatable bonds is 18. The monoisotopic (exact) mass is 2410 g/mol. The van der Waals surface area contributed by atoms with Crippen LogP contribution in [0.4, 0.5) is 0 Å². The average molecular weight is 2410 g/mol. The van der Waals surface area contributed by atoms with E-state index in [-0.39, 0.29) is 65.7 Å². The molecule has 8 heterocycles. The van der Waals surface area contributed by atoms with E-state index in [1.54, 1.807) is 21.5 Å². The van der Waals surface area contributed by atoms with Gasteiger partial charge in [0.15, 0.2) is 0 Å². The Morgan fingerprint density at radius 1 is 0.338 bits per heavy atom. The van der Waals surface area contributed by atoms with Crippen molar-refractivity contribution in [2.24, 2.45) is 29.1 Å². The molecule has 1 unspecified atom stereocenters. The molecular weight excluding hydrogens is 2280 g/mol. The summed E-state index contributed by atoms with van der Waals surface area (Å²) in [7, 11) is -4.11. The molecule has 1 atom stereocenters. The largest absolute Gasteiger partial charge is 0.461 e. The molecule has 8 aromatic heterocycles. The summed E-state index contributed by atoms with van der Waals surface area (Å²) in [6.45, 7) is 36.9. The Hall–Kier alpha value is -10.8. The standard InChI is InChI=1S/C23H30NSi.C23H16N.C21H16NO.C21H28NSi.C19H26NSi.C18H15N2.3Ir/c1-25(2,3)23-16-24-22(19-7-5-4-6-8-19)15-21(23)14-20-13-17-9-11-18(20)12-10-17;1-3-8-18(9-4-1)20-12-7-13-21(16-20)22-14-15-23(24-17-22)19-10-5-2-6-11-19;1-14-15(2)23-20-10-6-9-18(21(14)20)17-11-12-19(22-13-17)16-7-4-3-5-8-16;1-23(2,3)21-16-22-20(18-12-8-5-9-13-18)15-19(21)14-17-10-6-4-7-11-17;1-19(2,3)13-16-12-17(15-10-8-7-9-11-15)20-14-18(16)21(4,5)6;1-13-8-10-17(14(2)20-13)16-9-11-18(19-12-16)15-6-4-3-5-7-15;;;/h4-7,15-18,20H,9-14H2,1-3H3;1-10,12-17H;3-7,9-13H,1-2H3;5,8-9,12,15-17H,4,6-7,10-11,14H2,1-3H3;7-10,12,14H,13H2,1-6H3;3-6,8-12H,1-2H3;;;/q6*-1;;;. The van der Waals surface area contributed by atoms with Gasteiger partial charge in [0.2, 0.25) is 0 Å². The Morgan fingerprint density at radius 3 is 1.13 bits per heavy atom. The van der Waals surface area contributed by atoms with Crippen molar-refractivity contribution >= 4 is 50.8 Å². The van der Waals surface area contributed by atoms with Crippen LogP contribution in [0.15, 0.2) is 327 Å². The predicted molar refractivity (Wildman–Crippen MR) is 579 cm³/mol. The van der Waals surface area contributed by atoms with Crippen molar-refractivity contribution in [3.05, 3.63) is 398 Å². The number of furan rings is 1. The van der Waals surface area contributed by atoms with Gasteiger partial charge in [-0.3, -0.25) is 4.98 Å². The Kier molecular flexibility index (Phi) is 38.5. The van der Waals surface area contributed by atoms with E-state index in [2.05, 4.69) is 295 Å². The SMILES string of the molecule is CC(C)(C)Cc1cc(-c2[c-]cccc2)ncc1[Si](C)(C)C.C[Si](C)(C)c1cnc(-c2[c-]cccc2)cc1CC1CC2CCC1CC2.C[Si](C)(C)c1cnc(-c2[c-]cccc2)cc1CC1CCCCC1.Cc1ccc(-c2ccc(-c3[c-]cccc3)nc2)c(C)n1.Cc1oc2cccc(-c3ccc(-c4[c-]cccc4)nc3)c2c1C.[Ir].[Ir].[Ir].[c-]1ccccc1-c1ccc(-c2cccc(-c3ccccc3)c2)cn1. The summed E-state index contributed by atoms with van der Waals surface area (Å²) < 4.78 is 5.83. The Labute approximate surface area is 872 Å². The van der Waals surface area contributed by atoms with Gasteiger partial charge in [-0.1, -0.05) is 263 Å². The third-order valence-electron chi connectivity index (χ3n) is 26.6. The normalized spacial score (nSPS) is 14.4. The summed E-state index contributed by atoms with van der Waals surface area (Å²) in [6, 6.07) is 116. The first-order valence-electron chi connectivity index (χ1n) is 48.9. The van der Waals surface area contributed by atoms with E-state index < -0.39 is 24.2 Å². The summed E-state index contributed by atoms with van der Waals surface area (Å²) in [4.78, 5) is 32.5. The molecule has 0 spiro atoms. The smallest absolute Gasteiger partial charge is 0.135 e. The zero-order valence-corrected chi connectivity index (χ0v) is 93.8. The number of aryl methyl sites for hydroxylation is 4. The first-order chi connectivity index (χ1) is 65.6. The number of aromatic nitrogens is 7. The summed E-state index contributed by atoms with van der Waals surface area (Å²) in [6.07, 6.45) is 30.3. The third-order valence-corrected chi connectivity index (χ3v) is 32.8. The fourth-order valence-electron chi connectivity index (χ4n) is 19.4. The Morgan fingerprint density at radius 2 is 0.727 bits per heavy atom. The van der Waals surface area contributed by atoms with Crippen molar-refractivity contribution in [3.8, 4) is 112 Å². The predicted octanol–water partition coefficient (Wildman–Crippen LogP) is 31.0. The minimum absolute atomic E-state index is 0. The molecule has 0 amide bonds. The molecular formula is C125H131Ir3N7OSi3-6. The minimum Gasteiger partial charge on any atom is -0.461 e. The molecule has 4 fully saturated rings. The molecule has 0 aliphatic heterocycles. The molecule has 17 aromatic rings. The van der Waals surface area contributed by atoms with Crippen molar-refractivity contribution in [1.29, 1.82) is 0 Å². The maximum Gasteiger partial charge on any atom is 0.135 e. The molecule has 0 saturated heterocycles. The third kappa shape index (κ3) is 29.4. The van der Waals surface area contributed by atoms with Gasteiger partial charge in [0.05, 0.1) is 24.2 Å². The van der Waals surface area contributed by atoms with Gasteiger partial charge in [-0.15, -0.1) is 215 Å². The fraction of sp³-hybridized carbons (Fsp3) is 0.272. The van der Waals surface area contributed by atoms with E-state index in [0.29, 0.717) is 0 Å². The summed E-state index contributed by atoms with van der Waals surface area (Å²) in [5.41, 5.74) is 30.7. The van der Waals surface area contributed by atoms with E-state index in [9.17, 15) is 0 Å². The quantitative estimate of drug-likeness (QED) is 0.0618. The van der Waals surface area contributed by atoms with Crippen molar-refractivity contribution in [1.82, 2.24) is 34.9 Å². The molecule has 4 saturated carbocycles. The molecule has 8 nitrogen and oxygen atoms in total. The van der Waals surface area contributed by atoms with Crippen molar-refractivity contribution in [3.63, 3.8) is 0 Å². The first-order valence-corrected chi connectivity index (χ1v) is 59.4. The van der Waals surface area contributed by atoms with Gasteiger partial charge in [0, 0.05) is 125 Å². The Balaban J connectivity index is 0.000000149. The van der Waals surface area contributed by atoms with Gasteiger partial charge in [0.1, 0.15) is 11.3 Å². The molecule has 4 aliphatic carbocycles. The first kappa shape index (κ1) is 107. The second-order valence-electron chi connectivity index (χ2n) is 41.3. The van der Waals surface area contributed by atoms with Crippen LogP contribution in [0.2, 0.25) is 58.9 Å². The molecule has 9 aromatic carbocycles. The van der Waals surface area contributed by atoms with Crippen LogP contribution >= 0.6 is 0 Å². The summed E-state index contributed by atoms with van der Waals surface area (Å²) >= 11 is 0. The number of benzene rings is 9. The van der Waals surface area contributed by atoms with E-state index in [0.717, 1.165) is 148 Å². The molecule has 0 N–H and O–H groups in total. The van der Waals surface area contributed by atoms with Crippen LogP contribution < -0.4 is 15.6 Å². The van der Waals surface area contributed by atoms with Crippen molar-refractivity contribution < 1.29 is 64.7 Å².